The Kier molecular flexibility index (Phi) is 6.81. The summed E-state index contributed by atoms with van der Waals surface area (Å²) in [5.74, 6) is -2.00. The van der Waals surface area contributed by atoms with Gasteiger partial charge in [-0.2, -0.15) is 0 Å². The smallest absolute Gasteiger partial charge is 0.338 e. The lowest BCUT2D eigenvalue weighted by atomic mass is 9.96. The Bertz CT molecular complexity index is 506. The molecular formula is C15H21FN2O3. The molecule has 1 unspecified atom stereocenters. The Morgan fingerprint density at radius 2 is 2.10 bits per heavy atom. The highest BCUT2D eigenvalue weighted by Gasteiger charge is 2.13. The van der Waals surface area contributed by atoms with Gasteiger partial charge in [-0.1, -0.05) is 13.3 Å². The van der Waals surface area contributed by atoms with Gasteiger partial charge >= 0.3 is 5.97 Å². The molecule has 1 amide bonds. The predicted molar refractivity (Wildman–Crippen MR) is 78.7 cm³/mol. The number of halogens is 1. The lowest BCUT2D eigenvalue weighted by Gasteiger charge is -2.13. The minimum absolute atomic E-state index is 0.214. The van der Waals surface area contributed by atoms with Crippen molar-refractivity contribution in [1.82, 2.24) is 0 Å². The van der Waals surface area contributed by atoms with Crippen molar-refractivity contribution in [2.75, 3.05) is 11.9 Å². The van der Waals surface area contributed by atoms with Crippen LogP contribution in [0.2, 0.25) is 0 Å². The molecule has 1 rings (SSSR count). The number of amides is 1. The Hall–Kier alpha value is -1.95. The third-order valence-electron chi connectivity index (χ3n) is 3.41. The van der Waals surface area contributed by atoms with Gasteiger partial charge in [-0.3, -0.25) is 4.79 Å². The van der Waals surface area contributed by atoms with Crippen molar-refractivity contribution in [3.8, 4) is 0 Å². The number of hydrogen-bond acceptors (Lipinski definition) is 3. The van der Waals surface area contributed by atoms with E-state index in [1.807, 2.05) is 0 Å². The quantitative estimate of drug-likeness (QED) is 0.687. The molecule has 116 valence electrons. The van der Waals surface area contributed by atoms with Gasteiger partial charge in [0.2, 0.25) is 5.91 Å². The van der Waals surface area contributed by atoms with Crippen LogP contribution in [0.15, 0.2) is 18.2 Å². The fourth-order valence-corrected chi connectivity index (χ4v) is 2.11. The highest BCUT2D eigenvalue weighted by Crippen LogP contribution is 2.17. The zero-order chi connectivity index (χ0) is 15.8. The molecule has 1 aromatic carbocycles. The molecule has 0 heterocycles. The fraction of sp³-hybridized carbons (Fsp3) is 0.467. The van der Waals surface area contributed by atoms with Crippen LogP contribution in [0.5, 0.6) is 0 Å². The summed E-state index contributed by atoms with van der Waals surface area (Å²) in [4.78, 5) is 22.6. The third-order valence-corrected chi connectivity index (χ3v) is 3.41. The molecule has 0 spiro atoms. The van der Waals surface area contributed by atoms with Gasteiger partial charge in [0.15, 0.2) is 0 Å². The second kappa shape index (κ2) is 8.36. The average Bonchev–Trinajstić information content (AvgIpc) is 2.45. The molecule has 0 fully saturated rings. The number of aromatic carboxylic acids is 1. The van der Waals surface area contributed by atoms with Crippen LogP contribution in [0.25, 0.3) is 0 Å². The molecule has 0 aliphatic heterocycles. The number of rotatable bonds is 8. The number of carbonyl (C=O) groups is 2. The maximum Gasteiger partial charge on any atom is 0.338 e. The molecule has 21 heavy (non-hydrogen) atoms. The first-order valence-corrected chi connectivity index (χ1v) is 7.00. The van der Waals surface area contributed by atoms with Crippen molar-refractivity contribution in [2.45, 2.75) is 32.6 Å². The van der Waals surface area contributed by atoms with E-state index in [1.54, 1.807) is 0 Å². The number of nitrogens with one attached hydrogen (secondary N) is 1. The maximum absolute atomic E-state index is 13.2. The van der Waals surface area contributed by atoms with Crippen LogP contribution in [0.4, 0.5) is 10.1 Å². The van der Waals surface area contributed by atoms with E-state index < -0.39 is 17.3 Å². The molecule has 5 nitrogen and oxygen atoms in total. The second-order valence-corrected chi connectivity index (χ2v) is 4.94. The van der Waals surface area contributed by atoms with E-state index in [4.69, 9.17) is 10.8 Å². The first-order valence-electron chi connectivity index (χ1n) is 7.00. The predicted octanol–water partition coefficient (Wildman–Crippen LogP) is 2.62. The number of benzene rings is 1. The van der Waals surface area contributed by atoms with E-state index in [0.29, 0.717) is 18.9 Å². The van der Waals surface area contributed by atoms with Gasteiger partial charge in [0.05, 0.1) is 5.56 Å². The monoisotopic (exact) mass is 296 g/mol. The van der Waals surface area contributed by atoms with Gasteiger partial charge in [0.25, 0.3) is 0 Å². The SMILES string of the molecule is CCC(CCN)CCC(=O)Nc1ccc(F)c(C(=O)O)c1. The summed E-state index contributed by atoms with van der Waals surface area (Å²) in [7, 11) is 0. The van der Waals surface area contributed by atoms with Crippen LogP contribution in [0.1, 0.15) is 43.0 Å². The van der Waals surface area contributed by atoms with Gasteiger partial charge in [-0.15, -0.1) is 0 Å². The van der Waals surface area contributed by atoms with Crippen molar-refractivity contribution in [3.05, 3.63) is 29.6 Å². The summed E-state index contributed by atoms with van der Waals surface area (Å²) in [5.41, 5.74) is 5.33. The van der Waals surface area contributed by atoms with E-state index in [-0.39, 0.29) is 11.6 Å². The molecule has 0 saturated heterocycles. The topological polar surface area (TPSA) is 92.4 Å². The molecule has 0 aliphatic carbocycles. The highest BCUT2D eigenvalue weighted by atomic mass is 19.1. The third kappa shape index (κ3) is 5.51. The molecule has 0 aliphatic rings. The summed E-state index contributed by atoms with van der Waals surface area (Å²) in [6.07, 6.45) is 2.90. The van der Waals surface area contributed by atoms with Crippen LogP contribution in [-0.2, 0) is 4.79 Å². The Balaban J connectivity index is 2.59. The summed E-state index contributed by atoms with van der Waals surface area (Å²) < 4.78 is 13.2. The van der Waals surface area contributed by atoms with Crippen molar-refractivity contribution >= 4 is 17.6 Å². The Morgan fingerprint density at radius 3 is 2.67 bits per heavy atom. The molecule has 0 saturated carbocycles. The Labute approximate surface area is 123 Å². The number of nitrogens with two attached hydrogens (primary N) is 1. The van der Waals surface area contributed by atoms with E-state index in [1.165, 1.54) is 6.07 Å². The molecule has 1 atom stereocenters. The van der Waals surface area contributed by atoms with E-state index in [9.17, 15) is 14.0 Å². The Morgan fingerprint density at radius 1 is 1.38 bits per heavy atom. The molecule has 0 aromatic heterocycles. The first kappa shape index (κ1) is 17.1. The molecule has 0 radical (unpaired) electrons. The average molecular weight is 296 g/mol. The van der Waals surface area contributed by atoms with Gasteiger partial charge in [0, 0.05) is 12.1 Å². The maximum atomic E-state index is 13.2. The lowest BCUT2D eigenvalue weighted by Crippen LogP contribution is -2.15. The van der Waals surface area contributed by atoms with E-state index in [2.05, 4.69) is 12.2 Å². The summed E-state index contributed by atoms with van der Waals surface area (Å²) >= 11 is 0. The van der Waals surface area contributed by atoms with Gasteiger partial charge < -0.3 is 16.2 Å². The molecular weight excluding hydrogens is 275 g/mol. The number of carboxylic acid groups (broad SMARTS) is 1. The zero-order valence-electron chi connectivity index (χ0n) is 12.1. The summed E-state index contributed by atoms with van der Waals surface area (Å²) in [5, 5.41) is 11.4. The van der Waals surface area contributed by atoms with Gasteiger partial charge in [-0.05, 0) is 43.5 Å². The molecule has 0 bridgehead atoms. The standard InChI is InChI=1S/C15H21FN2O3/c1-2-10(7-8-17)3-6-14(19)18-11-4-5-13(16)12(9-11)15(20)21/h4-5,9-10H,2-3,6-8,17H2,1H3,(H,18,19)(H,20,21). The number of anilines is 1. The minimum atomic E-state index is -1.36. The first-order chi connectivity index (χ1) is 9.97. The van der Waals surface area contributed by atoms with Crippen molar-refractivity contribution in [3.63, 3.8) is 0 Å². The van der Waals surface area contributed by atoms with Gasteiger partial charge in [0.1, 0.15) is 5.82 Å². The second-order valence-electron chi connectivity index (χ2n) is 4.94. The largest absolute Gasteiger partial charge is 0.478 e. The summed E-state index contributed by atoms with van der Waals surface area (Å²) in [6, 6.07) is 3.49. The van der Waals surface area contributed by atoms with E-state index >= 15 is 0 Å². The van der Waals surface area contributed by atoms with Crippen LogP contribution in [0, 0.1) is 11.7 Å². The lowest BCUT2D eigenvalue weighted by molar-refractivity contribution is -0.116. The molecule has 6 heteroatoms. The molecule has 4 N–H and O–H groups in total. The van der Waals surface area contributed by atoms with Gasteiger partial charge in [-0.25, -0.2) is 9.18 Å². The fourth-order valence-electron chi connectivity index (χ4n) is 2.11. The molecule has 1 aromatic rings. The minimum Gasteiger partial charge on any atom is -0.478 e. The number of carboxylic acids is 1. The number of hydrogen-bond donors (Lipinski definition) is 3. The van der Waals surface area contributed by atoms with Crippen molar-refractivity contribution in [2.24, 2.45) is 11.7 Å². The summed E-state index contributed by atoms with van der Waals surface area (Å²) in [6.45, 7) is 2.65. The highest BCUT2D eigenvalue weighted by molar-refractivity contribution is 5.94. The van der Waals surface area contributed by atoms with Crippen molar-refractivity contribution < 1.29 is 19.1 Å². The van der Waals surface area contributed by atoms with E-state index in [0.717, 1.165) is 31.4 Å². The van der Waals surface area contributed by atoms with Crippen LogP contribution >= 0.6 is 0 Å². The number of carbonyl (C=O) groups excluding carboxylic acids is 1. The van der Waals surface area contributed by atoms with Crippen LogP contribution in [-0.4, -0.2) is 23.5 Å². The van der Waals surface area contributed by atoms with Crippen LogP contribution in [0.3, 0.4) is 0 Å². The zero-order valence-corrected chi connectivity index (χ0v) is 12.1. The van der Waals surface area contributed by atoms with Crippen molar-refractivity contribution in [1.29, 1.82) is 0 Å². The van der Waals surface area contributed by atoms with Crippen LogP contribution < -0.4 is 11.1 Å². The normalized spacial score (nSPS) is 12.0.